The van der Waals surface area contributed by atoms with Crippen molar-refractivity contribution in [2.75, 3.05) is 32.1 Å². The summed E-state index contributed by atoms with van der Waals surface area (Å²) < 4.78 is 7.32. The van der Waals surface area contributed by atoms with Crippen LogP contribution in [0.15, 0.2) is 48.8 Å². The number of aromatic nitrogens is 4. The third kappa shape index (κ3) is 7.31. The molecule has 1 fully saturated rings. The highest BCUT2D eigenvalue weighted by Crippen LogP contribution is 2.38. The number of pyridine rings is 2. The molecule has 5 N–H and O–H groups in total. The molecule has 12 nitrogen and oxygen atoms in total. The number of methoxy groups -OCH3 is 1. The molecule has 1 aromatic carbocycles. The molecule has 45 heavy (non-hydrogen) atoms. The van der Waals surface area contributed by atoms with Gasteiger partial charge in [0, 0.05) is 74.3 Å². The van der Waals surface area contributed by atoms with Gasteiger partial charge in [-0.2, -0.15) is 0 Å². The lowest BCUT2D eigenvalue weighted by Gasteiger charge is -2.16. The highest BCUT2D eigenvalue weighted by atomic mass is 35.5. The average molecular weight is 633 g/mol. The Morgan fingerprint density at radius 2 is 2.00 bits per heavy atom. The van der Waals surface area contributed by atoms with E-state index in [1.54, 1.807) is 31.1 Å². The van der Waals surface area contributed by atoms with E-state index in [1.165, 1.54) is 0 Å². The van der Waals surface area contributed by atoms with Gasteiger partial charge in [0.25, 0.3) is 5.91 Å². The van der Waals surface area contributed by atoms with Gasteiger partial charge in [0.2, 0.25) is 11.8 Å². The van der Waals surface area contributed by atoms with Crippen LogP contribution >= 0.6 is 11.6 Å². The van der Waals surface area contributed by atoms with Gasteiger partial charge >= 0.3 is 0 Å². The van der Waals surface area contributed by atoms with E-state index in [2.05, 4.69) is 31.2 Å². The number of amides is 2. The second-order valence-corrected chi connectivity index (χ2v) is 11.2. The minimum Gasteiger partial charge on any atom is -0.481 e. The molecule has 4 heterocycles. The highest BCUT2D eigenvalue weighted by molar-refractivity contribution is 6.35. The van der Waals surface area contributed by atoms with Gasteiger partial charge in [0.15, 0.2) is 5.82 Å². The molecule has 0 radical (unpaired) electrons. The normalized spacial score (nSPS) is 14.4. The smallest absolute Gasteiger partial charge is 0.291 e. The Bertz CT molecular complexity index is 1690. The number of hydrogen-bond acceptors (Lipinski definition) is 9. The number of carbonyl (C=O) groups is 2. The summed E-state index contributed by atoms with van der Waals surface area (Å²) in [5.41, 5.74) is 5.75. The van der Waals surface area contributed by atoms with Crippen molar-refractivity contribution in [1.82, 2.24) is 35.5 Å². The Kier molecular flexibility index (Phi) is 10.4. The lowest BCUT2D eigenvalue weighted by Crippen LogP contribution is -2.35. The molecular formula is C32H37ClN8O4. The fraction of sp³-hybridized carbons (Fsp3) is 0.344. The third-order valence-electron chi connectivity index (χ3n) is 7.81. The number of benzene rings is 1. The summed E-state index contributed by atoms with van der Waals surface area (Å²) in [6.07, 6.45) is 4.71. The quantitative estimate of drug-likeness (QED) is 0.140. The molecule has 5 rings (SSSR count). The van der Waals surface area contributed by atoms with Gasteiger partial charge in [0.1, 0.15) is 0 Å². The predicted molar refractivity (Wildman–Crippen MR) is 172 cm³/mol. The molecule has 236 valence electrons. The number of aliphatic hydroxyl groups is 1. The van der Waals surface area contributed by atoms with Gasteiger partial charge in [-0.25, -0.2) is 9.97 Å². The van der Waals surface area contributed by atoms with Gasteiger partial charge in [-0.1, -0.05) is 29.8 Å². The van der Waals surface area contributed by atoms with Gasteiger partial charge in [-0.15, -0.1) is 0 Å². The van der Waals surface area contributed by atoms with Crippen molar-refractivity contribution in [3.05, 3.63) is 76.5 Å². The van der Waals surface area contributed by atoms with Crippen molar-refractivity contribution in [1.29, 1.82) is 0 Å². The van der Waals surface area contributed by atoms with Crippen LogP contribution in [0.5, 0.6) is 5.88 Å². The molecule has 4 aromatic rings. The number of nitrogens with zero attached hydrogens (tertiary/aromatic N) is 4. The zero-order valence-electron chi connectivity index (χ0n) is 25.5. The van der Waals surface area contributed by atoms with Crippen LogP contribution < -0.4 is 26.0 Å². The zero-order chi connectivity index (χ0) is 31.9. The maximum atomic E-state index is 13.2. The zero-order valence-corrected chi connectivity index (χ0v) is 26.2. The Morgan fingerprint density at radius 3 is 2.76 bits per heavy atom. The predicted octanol–water partition coefficient (Wildman–Crippen LogP) is 3.22. The second-order valence-electron chi connectivity index (χ2n) is 10.8. The first-order chi connectivity index (χ1) is 21.8. The number of nitrogens with one attached hydrogen (secondary N) is 4. The lowest BCUT2D eigenvalue weighted by atomic mass is 10.0. The molecule has 0 bridgehead atoms. The maximum absolute atomic E-state index is 13.2. The number of aliphatic hydroxyl groups excluding tert-OH is 1. The van der Waals surface area contributed by atoms with Crippen molar-refractivity contribution in [2.45, 2.75) is 38.9 Å². The fourth-order valence-electron chi connectivity index (χ4n) is 5.29. The van der Waals surface area contributed by atoms with Crippen LogP contribution in [0.1, 0.15) is 40.3 Å². The summed E-state index contributed by atoms with van der Waals surface area (Å²) >= 11 is 6.97. The Hall–Kier alpha value is -4.36. The van der Waals surface area contributed by atoms with E-state index in [9.17, 15) is 9.59 Å². The highest BCUT2D eigenvalue weighted by Gasteiger charge is 2.21. The topological polar surface area (TPSA) is 155 Å². The van der Waals surface area contributed by atoms with Gasteiger partial charge in [0.05, 0.1) is 42.0 Å². The van der Waals surface area contributed by atoms with Crippen LogP contribution in [0.4, 0.5) is 5.69 Å². The van der Waals surface area contributed by atoms with Gasteiger partial charge < -0.3 is 35.7 Å². The molecule has 13 heteroatoms. The molecule has 1 aliphatic rings. The molecule has 1 aliphatic heterocycles. The SMILES string of the molecule is COc1nc(-c2ccnc(-c3cccc(NC(=O)c4ncc(CNCCO)n4C)c3C)c2Cl)ccc1CNC[C@@H]1CCC(=O)N1. The van der Waals surface area contributed by atoms with Crippen LogP contribution in [0.2, 0.25) is 5.02 Å². The van der Waals surface area contributed by atoms with E-state index < -0.39 is 0 Å². The van der Waals surface area contributed by atoms with Crippen LogP contribution in [-0.2, 0) is 24.9 Å². The van der Waals surface area contributed by atoms with E-state index >= 15 is 0 Å². The standard InChI is InChI=1S/C32H37ClN8O4/c1-19-23(5-4-6-25(19)39-31(44)30-37-18-22(41(30)2)17-34-13-14-42)29-28(33)24(11-12-36-29)26-9-7-20(32(40-26)45-3)15-35-16-21-8-10-27(43)38-21/h4-7,9,11-12,18,21,34-35,42H,8,10,13-17H2,1-3H3,(H,38,43)(H,39,44)/t21-/m0/s1. The summed E-state index contributed by atoms with van der Waals surface area (Å²) in [5, 5.41) is 21.8. The summed E-state index contributed by atoms with van der Waals surface area (Å²) in [6, 6.07) is 11.4. The first-order valence-corrected chi connectivity index (χ1v) is 15.1. The number of carbonyl (C=O) groups excluding carboxylic acids is 2. The Morgan fingerprint density at radius 1 is 1.16 bits per heavy atom. The molecule has 3 aromatic heterocycles. The van der Waals surface area contributed by atoms with Crippen LogP contribution in [0, 0.1) is 6.92 Å². The number of ether oxygens (including phenoxy) is 1. The van der Waals surface area contributed by atoms with E-state index in [0.29, 0.717) is 66.1 Å². The summed E-state index contributed by atoms with van der Waals surface area (Å²) in [5.74, 6) is 0.487. The summed E-state index contributed by atoms with van der Waals surface area (Å²) in [4.78, 5) is 38.3. The minimum absolute atomic E-state index is 0.0292. The van der Waals surface area contributed by atoms with E-state index in [-0.39, 0.29) is 30.3 Å². The van der Waals surface area contributed by atoms with Crippen LogP contribution in [0.25, 0.3) is 22.5 Å². The molecule has 0 saturated carbocycles. The number of hydrogen-bond donors (Lipinski definition) is 5. The van der Waals surface area contributed by atoms with E-state index in [4.69, 9.17) is 26.4 Å². The third-order valence-corrected chi connectivity index (χ3v) is 8.19. The van der Waals surface area contributed by atoms with Gasteiger partial charge in [-0.3, -0.25) is 14.6 Å². The number of anilines is 1. The molecule has 0 spiro atoms. The number of halogens is 1. The van der Waals surface area contributed by atoms with Crippen molar-refractivity contribution in [3.63, 3.8) is 0 Å². The first kappa shape index (κ1) is 32.0. The van der Waals surface area contributed by atoms with Crippen molar-refractivity contribution in [3.8, 4) is 28.4 Å². The Labute approximate surface area is 266 Å². The maximum Gasteiger partial charge on any atom is 0.291 e. The second kappa shape index (κ2) is 14.6. The fourth-order valence-corrected chi connectivity index (χ4v) is 5.60. The summed E-state index contributed by atoms with van der Waals surface area (Å²) in [7, 11) is 3.36. The molecule has 1 saturated heterocycles. The average Bonchev–Trinajstić information content (AvgIpc) is 3.63. The molecule has 0 aliphatic carbocycles. The van der Waals surface area contributed by atoms with Crippen molar-refractivity contribution in [2.24, 2.45) is 7.05 Å². The molecule has 2 amide bonds. The van der Waals surface area contributed by atoms with Crippen molar-refractivity contribution < 1.29 is 19.4 Å². The van der Waals surface area contributed by atoms with Crippen LogP contribution in [-0.4, -0.2) is 69.3 Å². The number of rotatable bonds is 13. The van der Waals surface area contributed by atoms with E-state index in [1.807, 2.05) is 43.3 Å². The lowest BCUT2D eigenvalue weighted by molar-refractivity contribution is -0.119. The van der Waals surface area contributed by atoms with Crippen molar-refractivity contribution >= 4 is 29.1 Å². The molecule has 0 unspecified atom stereocenters. The molecular weight excluding hydrogens is 596 g/mol. The van der Waals surface area contributed by atoms with E-state index in [0.717, 1.165) is 28.8 Å². The monoisotopic (exact) mass is 632 g/mol. The minimum atomic E-state index is -0.349. The first-order valence-electron chi connectivity index (χ1n) is 14.7. The van der Waals surface area contributed by atoms with Crippen LogP contribution in [0.3, 0.4) is 0 Å². The number of imidazole rings is 1. The Balaban J connectivity index is 1.34. The van der Waals surface area contributed by atoms with Gasteiger partial charge in [-0.05, 0) is 37.1 Å². The largest absolute Gasteiger partial charge is 0.481 e. The summed E-state index contributed by atoms with van der Waals surface area (Å²) in [6.45, 7) is 4.07. The molecule has 1 atom stereocenters.